The van der Waals surface area contributed by atoms with E-state index in [4.69, 9.17) is 4.74 Å². The smallest absolute Gasteiger partial charge is 0.393 e. The summed E-state index contributed by atoms with van der Waals surface area (Å²) in [6, 6.07) is 15.9. The molecule has 1 atom stereocenters. The molecule has 1 aromatic heterocycles. The highest BCUT2D eigenvalue weighted by atomic mass is 32.2. The van der Waals surface area contributed by atoms with Gasteiger partial charge in [0.2, 0.25) is 0 Å². The zero-order chi connectivity index (χ0) is 31.5. The summed E-state index contributed by atoms with van der Waals surface area (Å²) in [7, 11) is -0.834. The molecule has 1 unspecified atom stereocenters. The molecule has 2 amide bonds. The van der Waals surface area contributed by atoms with E-state index in [1.807, 2.05) is 17.8 Å². The van der Waals surface area contributed by atoms with Crippen LogP contribution in [0.2, 0.25) is 0 Å². The van der Waals surface area contributed by atoms with Gasteiger partial charge in [0.05, 0.1) is 17.9 Å². The van der Waals surface area contributed by atoms with Gasteiger partial charge in [-0.3, -0.25) is 9.59 Å². The van der Waals surface area contributed by atoms with Gasteiger partial charge in [-0.2, -0.15) is 13.2 Å². The highest BCUT2D eigenvalue weighted by Gasteiger charge is 2.38. The summed E-state index contributed by atoms with van der Waals surface area (Å²) in [5.74, 6) is -2.70. The van der Waals surface area contributed by atoms with Gasteiger partial charge in [-0.15, -0.1) is 0 Å². The molecule has 1 heterocycles. The highest BCUT2D eigenvalue weighted by molar-refractivity contribution is 7.90. The molecular formula is C31H32F3N3O5S. The van der Waals surface area contributed by atoms with E-state index in [0.29, 0.717) is 23.3 Å². The molecule has 8 nitrogen and oxygen atoms in total. The standard InChI is InChI=1S/C31H32F3N3O5S/c1-5-24(31(32,33)34)17-35-29(38)21-12-13-26-25(15-21)23(18-37(26)3)14-20-10-11-22(16-27(20)42-4)30(39)36-43(40,41)28-9-7-6-8-19(28)2/h6-13,15-16,18,24H,5,14,17H2,1-4H3,(H,35,38)(H,36,39). The van der Waals surface area contributed by atoms with E-state index in [-0.39, 0.29) is 22.4 Å². The Bertz CT molecular complexity index is 1780. The topological polar surface area (TPSA) is 106 Å². The molecule has 43 heavy (non-hydrogen) atoms. The molecule has 228 valence electrons. The molecule has 0 aliphatic rings. The second-order valence-electron chi connectivity index (χ2n) is 10.3. The summed E-state index contributed by atoms with van der Waals surface area (Å²) in [5, 5.41) is 3.12. The third-order valence-electron chi connectivity index (χ3n) is 7.34. The summed E-state index contributed by atoms with van der Waals surface area (Å²) in [6.07, 6.45) is -2.33. The number of hydrogen-bond acceptors (Lipinski definition) is 5. The van der Waals surface area contributed by atoms with Crippen molar-refractivity contribution in [2.75, 3.05) is 13.7 Å². The number of carbonyl (C=O) groups is 2. The number of sulfonamides is 1. The fraction of sp³-hybridized carbons (Fsp3) is 0.290. The predicted octanol–water partition coefficient (Wildman–Crippen LogP) is 5.52. The maximum atomic E-state index is 13.1. The first kappa shape index (κ1) is 31.6. The molecule has 0 radical (unpaired) electrons. The van der Waals surface area contributed by atoms with E-state index in [1.54, 1.807) is 49.4 Å². The van der Waals surface area contributed by atoms with Crippen LogP contribution >= 0.6 is 0 Å². The summed E-state index contributed by atoms with van der Waals surface area (Å²) < 4.78 is 74.4. The summed E-state index contributed by atoms with van der Waals surface area (Å²) in [5.41, 5.74) is 3.12. The van der Waals surface area contributed by atoms with Gasteiger partial charge < -0.3 is 14.6 Å². The van der Waals surface area contributed by atoms with E-state index in [2.05, 4.69) is 10.0 Å². The number of aromatic nitrogens is 1. The number of benzene rings is 3. The van der Waals surface area contributed by atoms with Crippen molar-refractivity contribution in [2.24, 2.45) is 13.0 Å². The van der Waals surface area contributed by atoms with Gasteiger partial charge in [0.15, 0.2) is 0 Å². The number of rotatable bonds is 10. The number of methoxy groups -OCH3 is 1. The Morgan fingerprint density at radius 3 is 2.30 bits per heavy atom. The Morgan fingerprint density at radius 2 is 1.65 bits per heavy atom. The summed E-state index contributed by atoms with van der Waals surface area (Å²) in [4.78, 5) is 25.6. The van der Waals surface area contributed by atoms with Gasteiger partial charge in [-0.05, 0) is 66.4 Å². The Labute approximate surface area is 247 Å². The van der Waals surface area contributed by atoms with Crippen molar-refractivity contribution in [3.8, 4) is 5.75 Å². The van der Waals surface area contributed by atoms with Crippen molar-refractivity contribution >= 4 is 32.7 Å². The first-order valence-electron chi connectivity index (χ1n) is 13.5. The molecule has 4 rings (SSSR count). The Kier molecular flexibility index (Phi) is 9.19. The first-order chi connectivity index (χ1) is 20.2. The SMILES string of the molecule is CCC(CNC(=O)c1ccc2c(c1)c(Cc1ccc(C(=O)NS(=O)(=O)c3ccccc3C)cc1OC)cn2C)C(F)(F)F. The zero-order valence-corrected chi connectivity index (χ0v) is 24.9. The Hall–Kier alpha value is -4.32. The fourth-order valence-corrected chi connectivity index (χ4v) is 6.12. The molecule has 0 bridgehead atoms. The van der Waals surface area contributed by atoms with Crippen LogP contribution in [0.25, 0.3) is 10.9 Å². The zero-order valence-electron chi connectivity index (χ0n) is 24.1. The minimum absolute atomic E-state index is 0.00137. The number of amides is 2. The number of carbonyl (C=O) groups excluding carboxylic acids is 2. The second-order valence-corrected chi connectivity index (χ2v) is 11.9. The van der Waals surface area contributed by atoms with Gasteiger partial charge in [-0.1, -0.05) is 31.2 Å². The molecule has 0 saturated heterocycles. The monoisotopic (exact) mass is 615 g/mol. The van der Waals surface area contributed by atoms with Crippen LogP contribution in [-0.2, 0) is 23.5 Å². The molecule has 2 N–H and O–H groups in total. The van der Waals surface area contributed by atoms with E-state index < -0.39 is 40.5 Å². The van der Waals surface area contributed by atoms with E-state index in [0.717, 1.165) is 16.5 Å². The molecule has 4 aromatic rings. The molecule has 0 fully saturated rings. The summed E-state index contributed by atoms with van der Waals surface area (Å²) >= 11 is 0. The second kappa shape index (κ2) is 12.5. The molecule has 0 saturated carbocycles. The van der Waals surface area contributed by atoms with E-state index in [9.17, 15) is 31.2 Å². The molecule has 3 aromatic carbocycles. The van der Waals surface area contributed by atoms with Gasteiger partial charge in [0.1, 0.15) is 5.75 Å². The van der Waals surface area contributed by atoms with Crippen LogP contribution in [0.15, 0.2) is 71.8 Å². The number of nitrogens with one attached hydrogen (secondary N) is 2. The van der Waals surface area contributed by atoms with Gasteiger partial charge in [0.25, 0.3) is 21.8 Å². The van der Waals surface area contributed by atoms with Crippen molar-refractivity contribution in [3.63, 3.8) is 0 Å². The average Bonchev–Trinajstić information content (AvgIpc) is 3.26. The number of nitrogens with zero attached hydrogens (tertiary/aromatic N) is 1. The quantitative estimate of drug-likeness (QED) is 0.244. The third-order valence-corrected chi connectivity index (χ3v) is 8.83. The van der Waals surface area contributed by atoms with Crippen LogP contribution in [0, 0.1) is 12.8 Å². The minimum Gasteiger partial charge on any atom is -0.496 e. The van der Waals surface area contributed by atoms with Gasteiger partial charge >= 0.3 is 6.18 Å². The average molecular weight is 616 g/mol. The van der Waals surface area contributed by atoms with Crippen LogP contribution < -0.4 is 14.8 Å². The van der Waals surface area contributed by atoms with Crippen molar-refractivity contribution in [1.82, 2.24) is 14.6 Å². The van der Waals surface area contributed by atoms with Gasteiger partial charge in [0, 0.05) is 48.2 Å². The number of fused-ring (bicyclic) bond motifs is 1. The number of halogens is 3. The number of hydrogen-bond donors (Lipinski definition) is 2. The third kappa shape index (κ3) is 7.02. The highest BCUT2D eigenvalue weighted by Crippen LogP contribution is 2.30. The number of aryl methyl sites for hydroxylation is 2. The lowest BCUT2D eigenvalue weighted by molar-refractivity contribution is -0.173. The normalized spacial score (nSPS) is 12.6. The van der Waals surface area contributed by atoms with Crippen LogP contribution in [0.5, 0.6) is 5.75 Å². The maximum Gasteiger partial charge on any atom is 0.393 e. The Morgan fingerprint density at radius 1 is 0.977 bits per heavy atom. The lowest BCUT2D eigenvalue weighted by atomic mass is 10.0. The van der Waals surface area contributed by atoms with E-state index in [1.165, 1.54) is 32.2 Å². The van der Waals surface area contributed by atoms with E-state index >= 15 is 0 Å². The van der Waals surface area contributed by atoms with Crippen molar-refractivity contribution in [3.05, 3.63) is 94.7 Å². The molecule has 0 aliphatic carbocycles. The fourth-order valence-electron chi connectivity index (χ4n) is 4.90. The lowest BCUT2D eigenvalue weighted by Gasteiger charge is -2.19. The van der Waals surface area contributed by atoms with Crippen LogP contribution in [0.3, 0.4) is 0 Å². The molecule has 0 aliphatic heterocycles. The summed E-state index contributed by atoms with van der Waals surface area (Å²) in [6.45, 7) is 2.55. The maximum absolute atomic E-state index is 13.1. The largest absolute Gasteiger partial charge is 0.496 e. The Balaban J connectivity index is 1.56. The van der Waals surface area contributed by atoms with Crippen LogP contribution in [0.1, 0.15) is 50.8 Å². The van der Waals surface area contributed by atoms with Crippen LogP contribution in [0.4, 0.5) is 13.2 Å². The number of alkyl halides is 3. The predicted molar refractivity (Wildman–Crippen MR) is 157 cm³/mol. The molecule has 12 heteroatoms. The van der Waals surface area contributed by atoms with Crippen LogP contribution in [-0.4, -0.2) is 44.6 Å². The number of ether oxygens (including phenoxy) is 1. The first-order valence-corrected chi connectivity index (χ1v) is 15.0. The minimum atomic E-state index is -4.40. The van der Waals surface area contributed by atoms with Crippen molar-refractivity contribution in [1.29, 1.82) is 0 Å². The molecular weight excluding hydrogens is 583 g/mol. The van der Waals surface area contributed by atoms with Crippen molar-refractivity contribution in [2.45, 2.75) is 37.8 Å². The van der Waals surface area contributed by atoms with Crippen molar-refractivity contribution < 1.29 is 35.9 Å². The van der Waals surface area contributed by atoms with Gasteiger partial charge in [-0.25, -0.2) is 13.1 Å². The molecule has 0 spiro atoms. The lowest BCUT2D eigenvalue weighted by Crippen LogP contribution is -2.36.